The van der Waals surface area contributed by atoms with Crippen molar-refractivity contribution in [2.24, 2.45) is 0 Å². The van der Waals surface area contributed by atoms with Crippen molar-refractivity contribution in [1.29, 1.82) is 5.26 Å². The number of nitriles is 1. The van der Waals surface area contributed by atoms with Crippen LogP contribution in [-0.4, -0.2) is 23.2 Å². The van der Waals surface area contributed by atoms with Gasteiger partial charge in [-0.1, -0.05) is 39.7 Å². The molecule has 0 spiro atoms. The molecule has 0 saturated heterocycles. The van der Waals surface area contributed by atoms with Crippen LogP contribution in [0.2, 0.25) is 5.02 Å². The van der Waals surface area contributed by atoms with E-state index in [2.05, 4.69) is 32.3 Å². The highest BCUT2D eigenvalue weighted by Crippen LogP contribution is 2.34. The highest BCUT2D eigenvalue weighted by atomic mass is 79.9. The summed E-state index contributed by atoms with van der Waals surface area (Å²) >= 11 is 10.0. The van der Waals surface area contributed by atoms with Crippen LogP contribution in [0.15, 0.2) is 53.3 Å². The molecule has 1 aromatic heterocycles. The number of halogens is 2. The molecule has 6 nitrogen and oxygen atoms in total. The number of aromatic nitrogens is 1. The standard InChI is InChI=1S/C24H23BrClN3O3/c1-16-19(3-2-4-21(16)25)15-32-24-9-23(20(8-22(24)26)13-28-5-6-30)31-14-18-7-17(10-27)11-29-12-18/h2-4,7-9,11-12,28,30H,5-6,13-15H2,1H3. The van der Waals surface area contributed by atoms with Crippen LogP contribution < -0.4 is 14.8 Å². The Balaban J connectivity index is 1.81. The summed E-state index contributed by atoms with van der Waals surface area (Å²) in [6.45, 7) is 3.58. The van der Waals surface area contributed by atoms with Gasteiger partial charge >= 0.3 is 0 Å². The fraction of sp³-hybridized carbons (Fsp3) is 0.250. The van der Waals surface area contributed by atoms with Crippen LogP contribution in [0.3, 0.4) is 0 Å². The van der Waals surface area contributed by atoms with Crippen LogP contribution >= 0.6 is 27.5 Å². The van der Waals surface area contributed by atoms with E-state index < -0.39 is 0 Å². The molecule has 0 bridgehead atoms. The number of benzene rings is 2. The first-order valence-electron chi connectivity index (χ1n) is 9.99. The quantitative estimate of drug-likeness (QED) is 0.372. The van der Waals surface area contributed by atoms with Crippen molar-refractivity contribution in [3.63, 3.8) is 0 Å². The minimum absolute atomic E-state index is 0.0315. The average Bonchev–Trinajstić information content (AvgIpc) is 2.80. The maximum atomic E-state index is 9.07. The highest BCUT2D eigenvalue weighted by Gasteiger charge is 2.13. The number of nitrogens with zero attached hydrogens (tertiary/aromatic N) is 2. The van der Waals surface area contributed by atoms with Crippen molar-refractivity contribution in [3.8, 4) is 17.6 Å². The minimum atomic E-state index is 0.0315. The molecule has 2 aromatic carbocycles. The van der Waals surface area contributed by atoms with Crippen molar-refractivity contribution < 1.29 is 14.6 Å². The van der Waals surface area contributed by atoms with Crippen molar-refractivity contribution in [2.75, 3.05) is 13.2 Å². The van der Waals surface area contributed by atoms with E-state index >= 15 is 0 Å². The van der Waals surface area contributed by atoms with E-state index in [1.165, 1.54) is 6.20 Å². The molecule has 8 heteroatoms. The van der Waals surface area contributed by atoms with E-state index in [0.29, 0.717) is 41.8 Å². The van der Waals surface area contributed by atoms with E-state index in [0.717, 1.165) is 26.7 Å². The van der Waals surface area contributed by atoms with Gasteiger partial charge in [0.1, 0.15) is 30.8 Å². The SMILES string of the molecule is Cc1c(Br)cccc1COc1cc(OCc2cncc(C#N)c2)c(CNCCO)cc1Cl. The molecule has 166 valence electrons. The van der Waals surface area contributed by atoms with Gasteiger partial charge in [0.05, 0.1) is 17.2 Å². The lowest BCUT2D eigenvalue weighted by Gasteiger charge is -2.17. The number of nitrogens with one attached hydrogen (secondary N) is 1. The van der Waals surface area contributed by atoms with Crippen molar-refractivity contribution in [3.05, 3.63) is 86.1 Å². The molecule has 3 aromatic rings. The van der Waals surface area contributed by atoms with Gasteiger partial charge in [-0.2, -0.15) is 5.26 Å². The summed E-state index contributed by atoms with van der Waals surface area (Å²) in [7, 11) is 0. The lowest BCUT2D eigenvalue weighted by atomic mass is 10.1. The van der Waals surface area contributed by atoms with Gasteiger partial charge in [0, 0.05) is 47.1 Å². The van der Waals surface area contributed by atoms with Gasteiger partial charge in [0.2, 0.25) is 0 Å². The zero-order chi connectivity index (χ0) is 22.9. The van der Waals surface area contributed by atoms with Crippen molar-refractivity contribution >= 4 is 27.5 Å². The smallest absolute Gasteiger partial charge is 0.142 e. The summed E-state index contributed by atoms with van der Waals surface area (Å²) in [4.78, 5) is 4.07. The highest BCUT2D eigenvalue weighted by molar-refractivity contribution is 9.10. The summed E-state index contributed by atoms with van der Waals surface area (Å²) in [6, 6.07) is 13.3. The number of rotatable bonds is 10. The Kier molecular flexibility index (Phi) is 8.89. The number of hydrogen-bond donors (Lipinski definition) is 2. The Labute approximate surface area is 200 Å². The van der Waals surface area contributed by atoms with E-state index in [1.54, 1.807) is 24.4 Å². The van der Waals surface area contributed by atoms with Crippen LogP contribution in [-0.2, 0) is 19.8 Å². The van der Waals surface area contributed by atoms with E-state index in [4.69, 9.17) is 31.4 Å². The van der Waals surface area contributed by atoms with Gasteiger partial charge in [-0.3, -0.25) is 4.98 Å². The molecule has 0 atom stereocenters. The molecule has 0 aliphatic rings. The fourth-order valence-corrected chi connectivity index (χ4v) is 3.66. The Hall–Kier alpha value is -2.63. The van der Waals surface area contributed by atoms with Gasteiger partial charge < -0.3 is 19.9 Å². The molecule has 0 amide bonds. The first-order valence-corrected chi connectivity index (χ1v) is 11.2. The Bertz CT molecular complexity index is 1120. The van der Waals surface area contributed by atoms with E-state index in [1.807, 2.05) is 25.1 Å². The van der Waals surface area contributed by atoms with Crippen LogP contribution in [0.25, 0.3) is 0 Å². The molecule has 0 fully saturated rings. The molecule has 0 saturated carbocycles. The monoisotopic (exact) mass is 515 g/mol. The predicted octanol–water partition coefficient (Wildman–Crippen LogP) is 4.92. The molecule has 0 aliphatic heterocycles. The number of pyridine rings is 1. The van der Waals surface area contributed by atoms with Crippen LogP contribution in [0.4, 0.5) is 0 Å². The molecular formula is C24H23BrClN3O3. The second kappa shape index (κ2) is 11.8. The molecule has 1 heterocycles. The second-order valence-corrected chi connectivity index (χ2v) is 8.35. The topological polar surface area (TPSA) is 87.4 Å². The molecular weight excluding hydrogens is 494 g/mol. The summed E-state index contributed by atoms with van der Waals surface area (Å²) < 4.78 is 13.1. The second-order valence-electron chi connectivity index (χ2n) is 7.09. The summed E-state index contributed by atoms with van der Waals surface area (Å²) in [5.74, 6) is 1.11. The van der Waals surface area contributed by atoms with Gasteiger partial charge in [-0.15, -0.1) is 0 Å². The molecule has 32 heavy (non-hydrogen) atoms. The molecule has 0 aliphatic carbocycles. The zero-order valence-corrected chi connectivity index (χ0v) is 19.9. The first-order chi connectivity index (χ1) is 15.5. The lowest BCUT2D eigenvalue weighted by molar-refractivity contribution is 0.282. The van der Waals surface area contributed by atoms with Gasteiger partial charge in [0.25, 0.3) is 0 Å². The number of aliphatic hydroxyl groups is 1. The van der Waals surface area contributed by atoms with Crippen LogP contribution in [0.5, 0.6) is 11.5 Å². The molecule has 3 rings (SSSR count). The van der Waals surface area contributed by atoms with Crippen LogP contribution in [0, 0.1) is 18.3 Å². The van der Waals surface area contributed by atoms with Crippen molar-refractivity contribution in [1.82, 2.24) is 10.3 Å². The molecule has 0 radical (unpaired) electrons. The minimum Gasteiger partial charge on any atom is -0.488 e. The third-order valence-corrected chi connectivity index (χ3v) is 5.95. The van der Waals surface area contributed by atoms with Gasteiger partial charge in [0.15, 0.2) is 0 Å². The normalized spacial score (nSPS) is 10.6. The molecule has 0 unspecified atom stereocenters. The Morgan fingerprint density at radius 3 is 2.72 bits per heavy atom. The summed E-state index contributed by atoms with van der Waals surface area (Å²) in [5, 5.41) is 21.7. The predicted molar refractivity (Wildman–Crippen MR) is 127 cm³/mol. The zero-order valence-electron chi connectivity index (χ0n) is 17.6. The third kappa shape index (κ3) is 6.44. The van der Waals surface area contributed by atoms with Gasteiger partial charge in [-0.25, -0.2) is 0 Å². The number of hydrogen-bond acceptors (Lipinski definition) is 6. The number of aliphatic hydroxyl groups excluding tert-OH is 1. The third-order valence-electron chi connectivity index (χ3n) is 4.80. The summed E-state index contributed by atoms with van der Waals surface area (Å²) in [5.41, 5.74) is 4.24. The first kappa shape index (κ1) is 24.0. The fourth-order valence-electron chi connectivity index (χ4n) is 3.01. The number of ether oxygens (including phenoxy) is 2. The Morgan fingerprint density at radius 1 is 1.12 bits per heavy atom. The maximum absolute atomic E-state index is 9.07. The van der Waals surface area contributed by atoms with Crippen molar-refractivity contribution in [2.45, 2.75) is 26.7 Å². The lowest BCUT2D eigenvalue weighted by Crippen LogP contribution is -2.18. The van der Waals surface area contributed by atoms with E-state index in [-0.39, 0.29) is 13.2 Å². The van der Waals surface area contributed by atoms with Crippen LogP contribution in [0.1, 0.15) is 27.8 Å². The van der Waals surface area contributed by atoms with E-state index in [9.17, 15) is 0 Å². The molecule has 2 N–H and O–H groups in total. The average molecular weight is 517 g/mol. The Morgan fingerprint density at radius 2 is 1.94 bits per heavy atom. The maximum Gasteiger partial charge on any atom is 0.142 e. The van der Waals surface area contributed by atoms with Gasteiger partial charge in [-0.05, 0) is 36.2 Å². The summed E-state index contributed by atoms with van der Waals surface area (Å²) in [6.07, 6.45) is 3.17. The largest absolute Gasteiger partial charge is 0.488 e.